The molecule has 110 valence electrons. The highest BCUT2D eigenvalue weighted by molar-refractivity contribution is 8.00. The Labute approximate surface area is 120 Å². The number of carboxylic acid groups (broad SMARTS) is 1. The summed E-state index contributed by atoms with van der Waals surface area (Å²) in [6.07, 6.45) is 0.704. The summed E-state index contributed by atoms with van der Waals surface area (Å²) in [5.74, 6) is -1.86. The van der Waals surface area contributed by atoms with Crippen LogP contribution in [0.25, 0.3) is 0 Å². The summed E-state index contributed by atoms with van der Waals surface area (Å²) in [6.45, 7) is 1.05. The lowest BCUT2D eigenvalue weighted by Gasteiger charge is -2.06. The van der Waals surface area contributed by atoms with Crippen LogP contribution in [0.3, 0.4) is 0 Å². The molecule has 0 saturated carbocycles. The first-order valence-electron chi connectivity index (χ1n) is 5.96. The molecule has 1 rings (SSSR count). The average molecular weight is 301 g/mol. The number of hydrogen-bond acceptors (Lipinski definition) is 4. The quantitative estimate of drug-likeness (QED) is 0.565. The minimum absolute atomic E-state index is 0.00518. The second-order valence-electron chi connectivity index (χ2n) is 3.94. The predicted octanol–water partition coefficient (Wildman–Crippen LogP) is 1.77. The molecule has 0 aliphatic rings. The molecule has 2 N–H and O–H groups in total. The Morgan fingerprint density at radius 1 is 1.45 bits per heavy atom. The molecule has 0 unspecified atom stereocenters. The number of ether oxygens (including phenoxy) is 1. The van der Waals surface area contributed by atoms with E-state index in [-0.39, 0.29) is 22.1 Å². The predicted molar refractivity (Wildman–Crippen MR) is 73.6 cm³/mol. The molecule has 0 radical (unpaired) electrons. The van der Waals surface area contributed by atoms with Crippen LogP contribution in [0.2, 0.25) is 0 Å². The van der Waals surface area contributed by atoms with Gasteiger partial charge in [0.05, 0.1) is 11.3 Å². The Hall–Kier alpha value is -1.60. The highest BCUT2D eigenvalue weighted by Crippen LogP contribution is 2.22. The topological polar surface area (TPSA) is 75.6 Å². The van der Waals surface area contributed by atoms with Crippen LogP contribution in [0.5, 0.6) is 0 Å². The maximum atomic E-state index is 13.5. The number of halogens is 1. The molecule has 7 heteroatoms. The van der Waals surface area contributed by atoms with Gasteiger partial charge in [-0.25, -0.2) is 9.18 Å². The van der Waals surface area contributed by atoms with Crippen LogP contribution in [0, 0.1) is 5.82 Å². The van der Waals surface area contributed by atoms with Gasteiger partial charge in [0.1, 0.15) is 5.82 Å². The van der Waals surface area contributed by atoms with Crippen molar-refractivity contribution < 1.29 is 23.8 Å². The number of thioether (sulfide) groups is 1. The zero-order valence-corrected chi connectivity index (χ0v) is 11.8. The van der Waals surface area contributed by atoms with Gasteiger partial charge in [-0.15, -0.1) is 11.8 Å². The minimum atomic E-state index is -1.13. The van der Waals surface area contributed by atoms with E-state index in [0.29, 0.717) is 19.6 Å². The van der Waals surface area contributed by atoms with Crippen molar-refractivity contribution in [3.05, 3.63) is 29.6 Å². The molecule has 0 saturated heterocycles. The molecule has 5 nitrogen and oxygen atoms in total. The van der Waals surface area contributed by atoms with Gasteiger partial charge in [0, 0.05) is 25.2 Å². The van der Waals surface area contributed by atoms with E-state index < -0.39 is 11.8 Å². The third-order valence-corrected chi connectivity index (χ3v) is 3.41. The maximum Gasteiger partial charge on any atom is 0.335 e. The van der Waals surface area contributed by atoms with Crippen LogP contribution >= 0.6 is 11.8 Å². The third-order valence-electron chi connectivity index (χ3n) is 2.38. The average Bonchev–Trinajstić information content (AvgIpc) is 2.42. The van der Waals surface area contributed by atoms with Gasteiger partial charge in [-0.05, 0) is 24.6 Å². The molecule has 0 aliphatic carbocycles. The molecular formula is C13H16FNO4S. The number of rotatable bonds is 8. The van der Waals surface area contributed by atoms with Crippen LogP contribution in [0.1, 0.15) is 16.8 Å². The Kier molecular flexibility index (Phi) is 7.03. The van der Waals surface area contributed by atoms with Gasteiger partial charge in [-0.1, -0.05) is 0 Å². The molecule has 0 spiro atoms. The SMILES string of the molecule is COCCCNC(=O)CSc1cc(C(=O)O)ccc1F. The molecule has 0 atom stereocenters. The van der Waals surface area contributed by atoms with Crippen LogP contribution in [-0.4, -0.2) is 43.0 Å². The molecule has 20 heavy (non-hydrogen) atoms. The van der Waals surface area contributed by atoms with E-state index in [1.54, 1.807) is 7.11 Å². The number of amides is 1. The number of aromatic carboxylic acids is 1. The van der Waals surface area contributed by atoms with Gasteiger partial charge < -0.3 is 15.2 Å². The van der Waals surface area contributed by atoms with E-state index in [2.05, 4.69) is 5.32 Å². The van der Waals surface area contributed by atoms with Gasteiger partial charge in [-0.2, -0.15) is 0 Å². The molecule has 1 amide bonds. The monoisotopic (exact) mass is 301 g/mol. The zero-order valence-electron chi connectivity index (χ0n) is 11.0. The fraction of sp³-hybridized carbons (Fsp3) is 0.385. The number of hydrogen-bond donors (Lipinski definition) is 2. The van der Waals surface area contributed by atoms with Gasteiger partial charge in [0.2, 0.25) is 5.91 Å². The highest BCUT2D eigenvalue weighted by Gasteiger charge is 2.10. The van der Waals surface area contributed by atoms with Crippen LogP contribution in [0.4, 0.5) is 4.39 Å². The van der Waals surface area contributed by atoms with Crippen molar-refractivity contribution in [2.45, 2.75) is 11.3 Å². The first kappa shape index (κ1) is 16.5. The minimum Gasteiger partial charge on any atom is -0.478 e. The van der Waals surface area contributed by atoms with E-state index in [9.17, 15) is 14.0 Å². The van der Waals surface area contributed by atoms with Crippen molar-refractivity contribution in [1.82, 2.24) is 5.32 Å². The molecule has 0 heterocycles. The molecular weight excluding hydrogens is 285 g/mol. The van der Waals surface area contributed by atoms with Crippen LogP contribution < -0.4 is 5.32 Å². The normalized spacial score (nSPS) is 10.3. The van der Waals surface area contributed by atoms with Crippen molar-refractivity contribution >= 4 is 23.6 Å². The number of benzene rings is 1. The number of carbonyl (C=O) groups is 2. The maximum absolute atomic E-state index is 13.5. The second-order valence-corrected chi connectivity index (χ2v) is 4.95. The van der Waals surface area contributed by atoms with E-state index >= 15 is 0 Å². The Morgan fingerprint density at radius 3 is 2.85 bits per heavy atom. The Balaban J connectivity index is 2.46. The molecule has 1 aromatic carbocycles. The van der Waals surface area contributed by atoms with E-state index in [1.807, 2.05) is 0 Å². The van der Waals surface area contributed by atoms with E-state index in [1.165, 1.54) is 12.1 Å². The first-order valence-corrected chi connectivity index (χ1v) is 6.94. The molecule has 0 bridgehead atoms. The van der Waals surface area contributed by atoms with Gasteiger partial charge in [0.25, 0.3) is 0 Å². The van der Waals surface area contributed by atoms with Crippen molar-refractivity contribution in [3.8, 4) is 0 Å². The summed E-state index contributed by atoms with van der Waals surface area (Å²) >= 11 is 0.969. The van der Waals surface area contributed by atoms with Crippen LogP contribution in [-0.2, 0) is 9.53 Å². The van der Waals surface area contributed by atoms with Gasteiger partial charge in [0.15, 0.2) is 0 Å². The lowest BCUT2D eigenvalue weighted by atomic mass is 10.2. The summed E-state index contributed by atoms with van der Waals surface area (Å²) in [6, 6.07) is 3.50. The van der Waals surface area contributed by atoms with Crippen molar-refractivity contribution in [2.75, 3.05) is 26.0 Å². The smallest absolute Gasteiger partial charge is 0.335 e. The molecule has 0 fully saturated rings. The largest absolute Gasteiger partial charge is 0.478 e. The van der Waals surface area contributed by atoms with E-state index in [0.717, 1.165) is 17.8 Å². The number of carbonyl (C=O) groups excluding carboxylic acids is 1. The first-order chi connectivity index (χ1) is 9.54. The Bertz CT molecular complexity index is 481. The summed E-state index contributed by atoms with van der Waals surface area (Å²) in [4.78, 5) is 22.4. The van der Waals surface area contributed by atoms with Crippen molar-refractivity contribution in [2.24, 2.45) is 0 Å². The number of carboxylic acids is 1. The second kappa shape index (κ2) is 8.55. The molecule has 0 aromatic heterocycles. The fourth-order valence-corrected chi connectivity index (χ4v) is 2.19. The lowest BCUT2D eigenvalue weighted by Crippen LogP contribution is -2.26. The number of nitrogens with one attached hydrogen (secondary N) is 1. The number of methoxy groups -OCH3 is 1. The zero-order chi connectivity index (χ0) is 15.0. The van der Waals surface area contributed by atoms with E-state index in [4.69, 9.17) is 9.84 Å². The van der Waals surface area contributed by atoms with Gasteiger partial charge in [-0.3, -0.25) is 4.79 Å². The summed E-state index contributed by atoms with van der Waals surface area (Å²) in [7, 11) is 1.58. The molecule has 0 aliphatic heterocycles. The summed E-state index contributed by atoms with van der Waals surface area (Å²) in [5.41, 5.74) is -0.00518. The van der Waals surface area contributed by atoms with Gasteiger partial charge >= 0.3 is 5.97 Å². The standard InChI is InChI=1S/C13H16FNO4S/c1-19-6-2-5-15-12(16)8-20-11-7-9(13(17)18)3-4-10(11)14/h3-4,7H,2,5-6,8H2,1H3,(H,15,16)(H,17,18). The van der Waals surface area contributed by atoms with Crippen LogP contribution in [0.15, 0.2) is 23.1 Å². The highest BCUT2D eigenvalue weighted by atomic mass is 32.2. The summed E-state index contributed by atoms with van der Waals surface area (Å²) < 4.78 is 18.3. The third kappa shape index (κ3) is 5.58. The summed E-state index contributed by atoms with van der Waals surface area (Å²) in [5, 5.41) is 11.5. The Morgan fingerprint density at radius 2 is 2.20 bits per heavy atom. The molecule has 1 aromatic rings. The van der Waals surface area contributed by atoms with Crippen molar-refractivity contribution in [3.63, 3.8) is 0 Å². The lowest BCUT2D eigenvalue weighted by molar-refractivity contribution is -0.118. The fourth-order valence-electron chi connectivity index (χ4n) is 1.39. The van der Waals surface area contributed by atoms with Crippen molar-refractivity contribution in [1.29, 1.82) is 0 Å².